The van der Waals surface area contributed by atoms with Gasteiger partial charge in [0.05, 0.1) is 19.1 Å². The van der Waals surface area contributed by atoms with Crippen molar-refractivity contribution in [3.63, 3.8) is 0 Å². The van der Waals surface area contributed by atoms with Crippen LogP contribution in [0.2, 0.25) is 0 Å². The Labute approximate surface area is 174 Å². The van der Waals surface area contributed by atoms with Crippen molar-refractivity contribution >= 4 is 5.97 Å². The number of aliphatic hydroxyl groups excluding tert-OH is 5. The predicted octanol–water partition coefficient (Wildman–Crippen LogP) is -1.14. The molecule has 0 spiro atoms. The van der Waals surface area contributed by atoms with Gasteiger partial charge in [0, 0.05) is 17.8 Å². The van der Waals surface area contributed by atoms with Gasteiger partial charge in [-0.3, -0.25) is 4.79 Å². The summed E-state index contributed by atoms with van der Waals surface area (Å²) in [5.74, 6) is -1.35. The molecule has 0 aromatic rings. The largest absolute Gasteiger partial charge is 0.461 e. The summed E-state index contributed by atoms with van der Waals surface area (Å²) in [6.07, 6.45) is -2.76. The number of fused-ring (bicyclic) bond motifs is 3. The topological polar surface area (TPSA) is 146 Å². The molecule has 0 aromatic heterocycles. The second-order valence-electron chi connectivity index (χ2n) is 8.88. The Morgan fingerprint density at radius 2 is 1.97 bits per heavy atom. The maximum Gasteiger partial charge on any atom is 0.309 e. The van der Waals surface area contributed by atoms with Gasteiger partial charge in [0.15, 0.2) is 6.29 Å². The fraction of sp³-hybridized carbons (Fsp3) is 0.762. The fourth-order valence-corrected chi connectivity index (χ4v) is 5.44. The molecule has 3 fully saturated rings. The van der Waals surface area contributed by atoms with E-state index in [2.05, 4.69) is 6.58 Å². The first kappa shape index (κ1) is 21.9. The van der Waals surface area contributed by atoms with Gasteiger partial charge in [-0.1, -0.05) is 31.2 Å². The van der Waals surface area contributed by atoms with Gasteiger partial charge in [-0.25, -0.2) is 0 Å². The third-order valence-corrected chi connectivity index (χ3v) is 7.28. The fourth-order valence-electron chi connectivity index (χ4n) is 5.44. The van der Waals surface area contributed by atoms with E-state index in [1.54, 1.807) is 13.0 Å². The number of carbonyl (C=O) groups excluding carboxylic acids is 1. The van der Waals surface area contributed by atoms with Crippen LogP contribution < -0.4 is 0 Å². The predicted molar refractivity (Wildman–Crippen MR) is 102 cm³/mol. The van der Waals surface area contributed by atoms with Gasteiger partial charge < -0.3 is 39.7 Å². The van der Waals surface area contributed by atoms with Crippen LogP contribution in [0.3, 0.4) is 0 Å². The zero-order valence-electron chi connectivity index (χ0n) is 16.8. The molecule has 11 atom stereocenters. The van der Waals surface area contributed by atoms with Crippen LogP contribution in [0, 0.1) is 23.7 Å². The smallest absolute Gasteiger partial charge is 0.309 e. The molecule has 0 aromatic carbocycles. The van der Waals surface area contributed by atoms with E-state index in [1.807, 2.05) is 6.08 Å². The molecule has 2 saturated heterocycles. The second-order valence-corrected chi connectivity index (χ2v) is 8.88. The van der Waals surface area contributed by atoms with Crippen molar-refractivity contribution < 1.29 is 44.5 Å². The molecule has 30 heavy (non-hydrogen) atoms. The van der Waals surface area contributed by atoms with E-state index < -0.39 is 55.6 Å². The Bertz CT molecular complexity index is 721. The summed E-state index contributed by atoms with van der Waals surface area (Å²) < 4.78 is 17.3. The van der Waals surface area contributed by atoms with Crippen molar-refractivity contribution in [1.29, 1.82) is 0 Å². The summed E-state index contributed by atoms with van der Waals surface area (Å²) in [4.78, 5) is 12.2. The molecule has 2 aliphatic carbocycles. The lowest BCUT2D eigenvalue weighted by atomic mass is 9.76. The maximum absolute atomic E-state index is 12.2. The van der Waals surface area contributed by atoms with Gasteiger partial charge in [-0.15, -0.1) is 0 Å². The molecule has 9 nitrogen and oxygen atoms in total. The third kappa shape index (κ3) is 3.24. The lowest BCUT2D eigenvalue weighted by Gasteiger charge is -2.45. The average molecular weight is 426 g/mol. The van der Waals surface area contributed by atoms with Gasteiger partial charge in [0.2, 0.25) is 0 Å². The van der Waals surface area contributed by atoms with E-state index in [0.717, 1.165) is 5.57 Å². The summed E-state index contributed by atoms with van der Waals surface area (Å²) in [6.45, 7) is 4.94. The van der Waals surface area contributed by atoms with Gasteiger partial charge >= 0.3 is 5.97 Å². The summed E-state index contributed by atoms with van der Waals surface area (Å²) in [6, 6.07) is 0. The molecular formula is C21H30O9. The first-order valence-corrected chi connectivity index (χ1v) is 10.4. The van der Waals surface area contributed by atoms with Crippen LogP contribution >= 0.6 is 0 Å². The van der Waals surface area contributed by atoms with E-state index in [9.17, 15) is 30.3 Å². The minimum atomic E-state index is -1.58. The molecule has 0 radical (unpaired) electrons. The van der Waals surface area contributed by atoms with Crippen LogP contribution in [0.15, 0.2) is 24.3 Å². The highest BCUT2D eigenvalue weighted by molar-refractivity contribution is 5.75. The number of rotatable bonds is 4. The molecule has 4 aliphatic rings. The Hall–Kier alpha value is -1.33. The SMILES string of the molecule is C=C1CCC2C1C1OC(=O)C(C)C1C=CC2(CO)OC1OC(CO)C(O)C(O)C1O. The van der Waals surface area contributed by atoms with Crippen LogP contribution in [-0.2, 0) is 19.0 Å². The highest BCUT2D eigenvalue weighted by Crippen LogP contribution is 2.53. The maximum atomic E-state index is 12.2. The standard InChI is InChI=1S/C21H30O9/c1-9-3-4-12-14(9)18-11(10(2)19(27)29-18)5-6-21(12,8-23)30-20-17(26)16(25)15(24)13(7-22)28-20/h5-6,10-18,20,22-26H,1,3-4,7-8H2,2H3. The van der Waals surface area contributed by atoms with Crippen LogP contribution in [0.4, 0.5) is 0 Å². The second kappa shape index (κ2) is 7.98. The lowest BCUT2D eigenvalue weighted by molar-refractivity contribution is -0.330. The summed E-state index contributed by atoms with van der Waals surface area (Å²) in [7, 11) is 0. The first-order chi connectivity index (χ1) is 14.2. The van der Waals surface area contributed by atoms with Crippen LogP contribution in [0.25, 0.3) is 0 Å². The molecule has 168 valence electrons. The summed E-state index contributed by atoms with van der Waals surface area (Å²) in [5.41, 5.74) is -0.371. The molecule has 0 amide bonds. The summed E-state index contributed by atoms with van der Waals surface area (Å²) in [5, 5.41) is 50.4. The van der Waals surface area contributed by atoms with Crippen molar-refractivity contribution in [2.75, 3.05) is 13.2 Å². The Morgan fingerprint density at radius 3 is 2.63 bits per heavy atom. The number of esters is 1. The normalized spacial score (nSPS) is 50.7. The Morgan fingerprint density at radius 1 is 1.23 bits per heavy atom. The highest BCUT2D eigenvalue weighted by atomic mass is 16.7. The van der Waals surface area contributed by atoms with Crippen molar-refractivity contribution in [3.05, 3.63) is 24.3 Å². The third-order valence-electron chi connectivity index (χ3n) is 7.28. The van der Waals surface area contributed by atoms with Gasteiger partial charge in [0.25, 0.3) is 0 Å². The average Bonchev–Trinajstić information content (AvgIpc) is 3.21. The number of hydrogen-bond acceptors (Lipinski definition) is 9. The first-order valence-electron chi connectivity index (χ1n) is 10.4. The molecule has 2 aliphatic heterocycles. The lowest BCUT2D eigenvalue weighted by Crippen LogP contribution is -2.62. The number of carbonyl (C=O) groups is 1. The van der Waals surface area contributed by atoms with Crippen LogP contribution in [0.1, 0.15) is 19.8 Å². The summed E-state index contributed by atoms with van der Waals surface area (Å²) >= 11 is 0. The van der Waals surface area contributed by atoms with E-state index in [-0.39, 0.29) is 29.6 Å². The van der Waals surface area contributed by atoms with Gasteiger partial charge in [-0.05, 0) is 12.8 Å². The van der Waals surface area contributed by atoms with E-state index in [4.69, 9.17) is 14.2 Å². The van der Waals surface area contributed by atoms with E-state index in [1.165, 1.54) is 0 Å². The molecule has 9 heteroatoms. The number of ether oxygens (including phenoxy) is 3. The molecule has 0 bridgehead atoms. The zero-order chi connectivity index (χ0) is 21.8. The van der Waals surface area contributed by atoms with E-state index >= 15 is 0 Å². The highest BCUT2D eigenvalue weighted by Gasteiger charge is 2.58. The van der Waals surface area contributed by atoms with Crippen LogP contribution in [0.5, 0.6) is 0 Å². The molecule has 2 heterocycles. The minimum absolute atomic E-state index is 0.202. The molecule has 1 saturated carbocycles. The molecule has 11 unspecified atom stereocenters. The minimum Gasteiger partial charge on any atom is -0.461 e. The monoisotopic (exact) mass is 426 g/mol. The van der Waals surface area contributed by atoms with Gasteiger partial charge in [-0.2, -0.15) is 0 Å². The Balaban J connectivity index is 1.68. The molecule has 4 rings (SSSR count). The number of hydrogen-bond donors (Lipinski definition) is 5. The van der Waals surface area contributed by atoms with Crippen LogP contribution in [-0.4, -0.2) is 87.1 Å². The molecule has 5 N–H and O–H groups in total. The van der Waals surface area contributed by atoms with Crippen molar-refractivity contribution in [2.24, 2.45) is 23.7 Å². The molecular weight excluding hydrogens is 396 g/mol. The Kier molecular flexibility index (Phi) is 5.82. The quantitative estimate of drug-likeness (QED) is 0.278. The van der Waals surface area contributed by atoms with E-state index in [0.29, 0.717) is 12.8 Å². The zero-order valence-corrected chi connectivity index (χ0v) is 16.8. The van der Waals surface area contributed by atoms with Crippen molar-refractivity contribution in [1.82, 2.24) is 0 Å². The van der Waals surface area contributed by atoms with Crippen molar-refractivity contribution in [3.8, 4) is 0 Å². The van der Waals surface area contributed by atoms with Crippen molar-refractivity contribution in [2.45, 2.75) is 62.2 Å². The van der Waals surface area contributed by atoms with Gasteiger partial charge in [0.1, 0.15) is 36.1 Å². The number of aliphatic hydroxyl groups is 5.